The van der Waals surface area contributed by atoms with E-state index in [1.54, 1.807) is 18.9 Å². The second-order valence-electron chi connectivity index (χ2n) is 6.44. The molecule has 1 aliphatic carbocycles. The van der Waals surface area contributed by atoms with Crippen LogP contribution < -0.4 is 0 Å². The van der Waals surface area contributed by atoms with E-state index in [0.717, 1.165) is 45.2 Å². The number of nitriles is 1. The average Bonchev–Trinajstić information content (AvgIpc) is 2.55. The van der Waals surface area contributed by atoms with Gasteiger partial charge in [0.15, 0.2) is 0 Å². The first kappa shape index (κ1) is 16.8. The first-order valence-electron chi connectivity index (χ1n) is 8.14. The highest BCUT2D eigenvalue weighted by atomic mass is 16.2. The molecule has 0 atom stereocenters. The van der Waals surface area contributed by atoms with E-state index in [9.17, 15) is 14.9 Å². The molecule has 0 bridgehead atoms. The van der Waals surface area contributed by atoms with E-state index in [-0.39, 0.29) is 11.8 Å². The van der Waals surface area contributed by atoms with E-state index in [1.165, 1.54) is 0 Å². The lowest BCUT2D eigenvalue weighted by Crippen LogP contribution is -2.55. The summed E-state index contributed by atoms with van der Waals surface area (Å²) in [4.78, 5) is 29.4. The number of hydrogen-bond donors (Lipinski definition) is 0. The summed E-state index contributed by atoms with van der Waals surface area (Å²) in [6.45, 7) is 4.71. The van der Waals surface area contributed by atoms with Crippen molar-refractivity contribution in [1.82, 2.24) is 14.7 Å². The lowest BCUT2D eigenvalue weighted by molar-refractivity contribution is -0.137. The van der Waals surface area contributed by atoms with Crippen molar-refractivity contribution in [2.24, 2.45) is 0 Å². The second kappa shape index (κ2) is 7.10. The molecular formula is C16H26N4O2. The summed E-state index contributed by atoms with van der Waals surface area (Å²) in [6, 6.07) is 2.39. The summed E-state index contributed by atoms with van der Waals surface area (Å²) in [5.41, 5.74) is -0.615. The monoisotopic (exact) mass is 306 g/mol. The molecule has 1 heterocycles. The minimum atomic E-state index is -0.615. The van der Waals surface area contributed by atoms with Crippen molar-refractivity contribution in [2.75, 3.05) is 39.8 Å². The Morgan fingerprint density at radius 2 is 1.73 bits per heavy atom. The normalized spacial score (nSPS) is 22.0. The molecule has 2 rings (SSSR count). The number of nitrogens with zero attached hydrogens (tertiary/aromatic N) is 4. The Hall–Kier alpha value is -1.61. The maximum Gasteiger partial charge on any atom is 0.237 e. The lowest BCUT2D eigenvalue weighted by atomic mass is 9.81. The van der Waals surface area contributed by atoms with Crippen molar-refractivity contribution >= 4 is 11.8 Å². The van der Waals surface area contributed by atoms with E-state index < -0.39 is 5.54 Å². The molecule has 1 saturated heterocycles. The average molecular weight is 306 g/mol. The number of piperazine rings is 1. The van der Waals surface area contributed by atoms with Gasteiger partial charge in [-0.1, -0.05) is 19.3 Å². The molecule has 0 unspecified atom stereocenters. The molecule has 2 amide bonds. The zero-order valence-electron chi connectivity index (χ0n) is 13.7. The molecule has 0 spiro atoms. The van der Waals surface area contributed by atoms with Crippen LogP contribution in [0.25, 0.3) is 0 Å². The molecule has 2 aliphatic rings. The maximum atomic E-state index is 12.5. The van der Waals surface area contributed by atoms with E-state index in [0.29, 0.717) is 19.6 Å². The number of hydrogen-bond acceptors (Lipinski definition) is 4. The van der Waals surface area contributed by atoms with Gasteiger partial charge in [0.1, 0.15) is 5.54 Å². The molecule has 122 valence electrons. The Balaban J connectivity index is 1.89. The summed E-state index contributed by atoms with van der Waals surface area (Å²) >= 11 is 0. The van der Waals surface area contributed by atoms with Crippen LogP contribution in [0.5, 0.6) is 0 Å². The SMILES string of the molecule is CC(=O)N1CCN(CC(=O)N(C)C2(C#N)CCCCC2)CC1. The Kier molecular flexibility index (Phi) is 5.41. The van der Waals surface area contributed by atoms with Gasteiger partial charge in [-0.05, 0) is 12.8 Å². The third kappa shape index (κ3) is 3.58. The fraction of sp³-hybridized carbons (Fsp3) is 0.812. The molecule has 0 aromatic rings. The molecule has 0 N–H and O–H groups in total. The van der Waals surface area contributed by atoms with Gasteiger partial charge < -0.3 is 9.80 Å². The summed E-state index contributed by atoms with van der Waals surface area (Å²) < 4.78 is 0. The van der Waals surface area contributed by atoms with Gasteiger partial charge in [-0.2, -0.15) is 5.26 Å². The van der Waals surface area contributed by atoms with Crippen LogP contribution in [0.4, 0.5) is 0 Å². The molecule has 2 fully saturated rings. The molecular weight excluding hydrogens is 280 g/mol. The van der Waals surface area contributed by atoms with Crippen LogP contribution in [0.3, 0.4) is 0 Å². The fourth-order valence-electron chi connectivity index (χ4n) is 3.42. The highest BCUT2D eigenvalue weighted by molar-refractivity contribution is 5.79. The zero-order valence-corrected chi connectivity index (χ0v) is 13.7. The maximum absolute atomic E-state index is 12.5. The number of likely N-dealkylation sites (N-methyl/N-ethyl adjacent to an activating group) is 1. The summed E-state index contributed by atoms with van der Waals surface area (Å²) in [6.07, 6.45) is 4.75. The second-order valence-corrected chi connectivity index (χ2v) is 6.44. The molecule has 0 aromatic carbocycles. The third-order valence-electron chi connectivity index (χ3n) is 5.08. The molecule has 1 saturated carbocycles. The van der Waals surface area contributed by atoms with Crippen molar-refractivity contribution < 1.29 is 9.59 Å². The Bertz CT molecular complexity index is 457. The summed E-state index contributed by atoms with van der Waals surface area (Å²) in [5.74, 6) is 0.105. The van der Waals surface area contributed by atoms with Gasteiger partial charge in [-0.15, -0.1) is 0 Å². The van der Waals surface area contributed by atoms with Gasteiger partial charge >= 0.3 is 0 Å². The zero-order chi connectivity index (χ0) is 16.2. The minimum absolute atomic E-state index is 0.0136. The predicted octanol–water partition coefficient (Wildman–Crippen LogP) is 0.835. The number of carbonyl (C=O) groups is 2. The van der Waals surface area contributed by atoms with Crippen LogP contribution in [-0.2, 0) is 9.59 Å². The van der Waals surface area contributed by atoms with Crippen LogP contribution in [0, 0.1) is 11.3 Å². The van der Waals surface area contributed by atoms with Crippen molar-refractivity contribution in [3.63, 3.8) is 0 Å². The topological polar surface area (TPSA) is 67.7 Å². The van der Waals surface area contributed by atoms with E-state index in [4.69, 9.17) is 0 Å². The smallest absolute Gasteiger partial charge is 0.237 e. The van der Waals surface area contributed by atoms with Crippen LogP contribution in [0.2, 0.25) is 0 Å². The molecule has 0 aromatic heterocycles. The van der Waals surface area contributed by atoms with Crippen LogP contribution >= 0.6 is 0 Å². The highest BCUT2D eigenvalue weighted by Gasteiger charge is 2.39. The van der Waals surface area contributed by atoms with E-state index in [2.05, 4.69) is 11.0 Å². The van der Waals surface area contributed by atoms with Crippen LogP contribution in [0.15, 0.2) is 0 Å². The Morgan fingerprint density at radius 3 is 2.23 bits per heavy atom. The van der Waals surface area contributed by atoms with Gasteiger partial charge in [0.05, 0.1) is 12.6 Å². The molecule has 6 nitrogen and oxygen atoms in total. The quantitative estimate of drug-likeness (QED) is 0.775. The third-order valence-corrected chi connectivity index (χ3v) is 5.08. The van der Waals surface area contributed by atoms with Crippen LogP contribution in [-0.4, -0.2) is 71.8 Å². The molecule has 22 heavy (non-hydrogen) atoms. The van der Waals surface area contributed by atoms with Gasteiger partial charge in [0.2, 0.25) is 11.8 Å². The van der Waals surface area contributed by atoms with E-state index >= 15 is 0 Å². The number of amides is 2. The Labute approximate surface area is 132 Å². The molecule has 0 radical (unpaired) electrons. The van der Waals surface area contributed by atoms with Crippen molar-refractivity contribution in [3.8, 4) is 6.07 Å². The first-order chi connectivity index (χ1) is 10.5. The summed E-state index contributed by atoms with van der Waals surface area (Å²) in [5, 5.41) is 9.56. The van der Waals surface area contributed by atoms with Crippen molar-refractivity contribution in [2.45, 2.75) is 44.6 Å². The lowest BCUT2D eigenvalue weighted by Gasteiger charge is -2.40. The summed E-state index contributed by atoms with van der Waals surface area (Å²) in [7, 11) is 1.77. The molecule has 6 heteroatoms. The first-order valence-corrected chi connectivity index (χ1v) is 8.14. The van der Waals surface area contributed by atoms with E-state index in [1.807, 2.05) is 4.90 Å². The van der Waals surface area contributed by atoms with Gasteiger partial charge in [-0.25, -0.2) is 0 Å². The predicted molar refractivity (Wildman–Crippen MR) is 82.9 cm³/mol. The van der Waals surface area contributed by atoms with Crippen LogP contribution in [0.1, 0.15) is 39.0 Å². The molecule has 1 aliphatic heterocycles. The van der Waals surface area contributed by atoms with Gasteiger partial charge in [0.25, 0.3) is 0 Å². The highest BCUT2D eigenvalue weighted by Crippen LogP contribution is 2.32. The minimum Gasteiger partial charge on any atom is -0.340 e. The Morgan fingerprint density at radius 1 is 1.14 bits per heavy atom. The largest absolute Gasteiger partial charge is 0.340 e. The number of carbonyl (C=O) groups excluding carboxylic acids is 2. The van der Waals surface area contributed by atoms with Gasteiger partial charge in [-0.3, -0.25) is 14.5 Å². The van der Waals surface area contributed by atoms with Crippen molar-refractivity contribution in [3.05, 3.63) is 0 Å². The van der Waals surface area contributed by atoms with Gasteiger partial charge in [0, 0.05) is 40.2 Å². The van der Waals surface area contributed by atoms with Crippen molar-refractivity contribution in [1.29, 1.82) is 5.26 Å². The standard InChI is InChI=1S/C16H26N4O2/c1-14(21)20-10-8-19(9-11-20)12-15(22)18(2)16(13-17)6-4-3-5-7-16/h3-12H2,1-2H3. The fourth-order valence-corrected chi connectivity index (χ4v) is 3.42. The number of rotatable bonds is 3.